The zero-order valence-electron chi connectivity index (χ0n) is 14.3. The predicted molar refractivity (Wildman–Crippen MR) is 102 cm³/mol. The maximum atomic E-state index is 12.7. The Hall–Kier alpha value is -2.93. The lowest BCUT2D eigenvalue weighted by Gasteiger charge is -2.21. The molecule has 0 saturated carbocycles. The molecule has 2 heterocycles. The van der Waals surface area contributed by atoms with Gasteiger partial charge in [-0.3, -0.25) is 9.59 Å². The molecule has 0 unspecified atom stereocenters. The van der Waals surface area contributed by atoms with E-state index in [1.807, 2.05) is 19.2 Å². The van der Waals surface area contributed by atoms with Gasteiger partial charge in [-0.15, -0.1) is 11.3 Å². The summed E-state index contributed by atoms with van der Waals surface area (Å²) in [6, 6.07) is 10.8. The smallest absolute Gasteiger partial charge is 0.336 e. The molecular formula is C19H18N2O4S. The van der Waals surface area contributed by atoms with Gasteiger partial charge in [-0.1, -0.05) is 19.9 Å². The van der Waals surface area contributed by atoms with Crippen molar-refractivity contribution >= 4 is 39.8 Å². The first-order valence-corrected chi connectivity index (χ1v) is 9.01. The highest BCUT2D eigenvalue weighted by atomic mass is 32.1. The van der Waals surface area contributed by atoms with E-state index in [0.717, 1.165) is 0 Å². The van der Waals surface area contributed by atoms with Gasteiger partial charge in [-0.05, 0) is 41.6 Å². The van der Waals surface area contributed by atoms with E-state index in [1.54, 1.807) is 36.4 Å². The highest BCUT2D eigenvalue weighted by Gasteiger charge is 2.25. The van der Waals surface area contributed by atoms with Gasteiger partial charge in [0.25, 0.3) is 5.91 Å². The number of hydrogen-bond donors (Lipinski definition) is 2. The summed E-state index contributed by atoms with van der Waals surface area (Å²) in [6.45, 7) is 3.74. The maximum Gasteiger partial charge on any atom is 0.336 e. The van der Waals surface area contributed by atoms with Crippen molar-refractivity contribution in [1.29, 1.82) is 0 Å². The summed E-state index contributed by atoms with van der Waals surface area (Å²) in [6.07, 6.45) is 0. The fraction of sp³-hybridized carbons (Fsp3) is 0.211. The molecule has 7 heteroatoms. The molecule has 3 rings (SSSR count). The minimum absolute atomic E-state index is 0.0857. The number of benzene rings is 1. The van der Waals surface area contributed by atoms with E-state index >= 15 is 0 Å². The third-order valence-corrected chi connectivity index (χ3v) is 4.74. The number of amides is 2. The number of hydrogen-bond acceptors (Lipinski definition) is 5. The molecule has 0 fully saturated rings. The Labute approximate surface area is 153 Å². The first-order valence-electron chi connectivity index (χ1n) is 8.13. The standard InChI is InChI=1S/C19H18N2O4S/c1-11(2)17(21-18(23)15-4-3-9-26-15)19(24)20-13-6-7-14-12(10-13)5-8-16(22)25-14/h3-11,17H,1-2H3,(H,20,24)(H,21,23)/t17-/m0/s1. The molecular weight excluding hydrogens is 352 g/mol. The van der Waals surface area contributed by atoms with Gasteiger partial charge in [0.1, 0.15) is 11.6 Å². The summed E-state index contributed by atoms with van der Waals surface area (Å²) >= 11 is 1.32. The molecule has 1 aromatic carbocycles. The monoisotopic (exact) mass is 370 g/mol. The Kier molecular flexibility index (Phi) is 5.18. The van der Waals surface area contributed by atoms with Crippen molar-refractivity contribution < 1.29 is 14.0 Å². The summed E-state index contributed by atoms with van der Waals surface area (Å²) in [5.74, 6) is -0.659. The number of rotatable bonds is 5. The van der Waals surface area contributed by atoms with Gasteiger partial charge < -0.3 is 15.1 Å². The van der Waals surface area contributed by atoms with Crippen molar-refractivity contribution in [1.82, 2.24) is 5.32 Å². The van der Waals surface area contributed by atoms with Crippen molar-refractivity contribution in [3.05, 3.63) is 63.1 Å². The Morgan fingerprint density at radius 2 is 1.92 bits per heavy atom. The van der Waals surface area contributed by atoms with Gasteiger partial charge in [0.15, 0.2) is 0 Å². The van der Waals surface area contributed by atoms with Crippen molar-refractivity contribution in [2.45, 2.75) is 19.9 Å². The summed E-state index contributed by atoms with van der Waals surface area (Å²) < 4.78 is 5.08. The van der Waals surface area contributed by atoms with Crippen LogP contribution in [0.3, 0.4) is 0 Å². The van der Waals surface area contributed by atoms with Crippen molar-refractivity contribution in [3.63, 3.8) is 0 Å². The van der Waals surface area contributed by atoms with Gasteiger partial charge in [0.05, 0.1) is 4.88 Å². The summed E-state index contributed by atoms with van der Waals surface area (Å²) in [5.41, 5.74) is 0.583. The van der Waals surface area contributed by atoms with Gasteiger partial charge >= 0.3 is 5.63 Å². The van der Waals surface area contributed by atoms with E-state index in [0.29, 0.717) is 21.5 Å². The molecule has 0 aliphatic rings. The van der Waals surface area contributed by atoms with Crippen molar-refractivity contribution in [2.24, 2.45) is 5.92 Å². The first-order chi connectivity index (χ1) is 12.4. The topological polar surface area (TPSA) is 88.4 Å². The van der Waals surface area contributed by atoms with E-state index in [2.05, 4.69) is 10.6 Å². The van der Waals surface area contributed by atoms with E-state index in [1.165, 1.54) is 17.4 Å². The van der Waals surface area contributed by atoms with E-state index in [-0.39, 0.29) is 17.7 Å². The van der Waals surface area contributed by atoms with Crippen LogP contribution in [0, 0.1) is 5.92 Å². The zero-order chi connectivity index (χ0) is 18.7. The number of anilines is 1. The minimum atomic E-state index is -0.672. The lowest BCUT2D eigenvalue weighted by Crippen LogP contribution is -2.46. The first kappa shape index (κ1) is 17.9. The normalized spacial score (nSPS) is 12.1. The summed E-state index contributed by atoms with van der Waals surface area (Å²) in [5, 5.41) is 8.11. The summed E-state index contributed by atoms with van der Waals surface area (Å²) in [4.78, 5) is 36.7. The minimum Gasteiger partial charge on any atom is -0.423 e. The Bertz CT molecular complexity index is 992. The lowest BCUT2D eigenvalue weighted by atomic mass is 10.0. The van der Waals surface area contributed by atoms with Crippen LogP contribution < -0.4 is 16.3 Å². The number of thiophene rings is 1. The second-order valence-corrected chi connectivity index (χ2v) is 7.12. The molecule has 2 aromatic heterocycles. The Morgan fingerprint density at radius 1 is 1.12 bits per heavy atom. The summed E-state index contributed by atoms with van der Waals surface area (Å²) in [7, 11) is 0. The quantitative estimate of drug-likeness (QED) is 0.675. The van der Waals surface area contributed by atoms with Crippen LogP contribution >= 0.6 is 11.3 Å². The number of nitrogens with one attached hydrogen (secondary N) is 2. The number of fused-ring (bicyclic) bond motifs is 1. The lowest BCUT2D eigenvalue weighted by molar-refractivity contribution is -0.118. The van der Waals surface area contributed by atoms with Crippen LogP contribution in [-0.4, -0.2) is 17.9 Å². The third-order valence-electron chi connectivity index (χ3n) is 3.87. The maximum absolute atomic E-state index is 12.7. The molecule has 0 radical (unpaired) electrons. The van der Waals surface area contributed by atoms with Crippen LogP contribution in [0.4, 0.5) is 5.69 Å². The molecule has 6 nitrogen and oxygen atoms in total. The fourth-order valence-electron chi connectivity index (χ4n) is 2.52. The molecule has 134 valence electrons. The van der Waals surface area contributed by atoms with Crippen molar-refractivity contribution in [2.75, 3.05) is 5.32 Å². The zero-order valence-corrected chi connectivity index (χ0v) is 15.1. The highest BCUT2D eigenvalue weighted by Crippen LogP contribution is 2.18. The molecule has 0 aliphatic heterocycles. The van der Waals surface area contributed by atoms with E-state index < -0.39 is 11.7 Å². The second-order valence-electron chi connectivity index (χ2n) is 6.17. The average Bonchev–Trinajstić information content (AvgIpc) is 3.14. The Balaban J connectivity index is 1.76. The molecule has 1 atom stereocenters. The average molecular weight is 370 g/mol. The van der Waals surface area contributed by atoms with Gasteiger partial charge in [0.2, 0.25) is 5.91 Å². The molecule has 0 spiro atoms. The molecule has 3 aromatic rings. The highest BCUT2D eigenvalue weighted by molar-refractivity contribution is 7.12. The van der Waals surface area contributed by atoms with Crippen LogP contribution in [0.2, 0.25) is 0 Å². The largest absolute Gasteiger partial charge is 0.423 e. The molecule has 26 heavy (non-hydrogen) atoms. The van der Waals surface area contributed by atoms with Crippen LogP contribution in [0.5, 0.6) is 0 Å². The number of carbonyl (C=O) groups excluding carboxylic acids is 2. The van der Waals surface area contributed by atoms with Gasteiger partial charge in [-0.2, -0.15) is 0 Å². The van der Waals surface area contributed by atoms with Crippen LogP contribution in [0.15, 0.2) is 57.1 Å². The van der Waals surface area contributed by atoms with Crippen LogP contribution in [0.1, 0.15) is 23.5 Å². The van der Waals surface area contributed by atoms with Crippen molar-refractivity contribution in [3.8, 4) is 0 Å². The SMILES string of the molecule is CC(C)[C@H](NC(=O)c1cccs1)C(=O)Nc1ccc2oc(=O)ccc2c1. The molecule has 0 saturated heterocycles. The van der Waals surface area contributed by atoms with Gasteiger partial charge in [-0.25, -0.2) is 4.79 Å². The van der Waals surface area contributed by atoms with E-state index in [4.69, 9.17) is 4.42 Å². The Morgan fingerprint density at radius 3 is 2.62 bits per heavy atom. The predicted octanol–water partition coefficient (Wildman–Crippen LogP) is 3.25. The number of carbonyl (C=O) groups is 2. The van der Waals surface area contributed by atoms with Gasteiger partial charge in [0, 0.05) is 17.1 Å². The van der Waals surface area contributed by atoms with Crippen LogP contribution in [0.25, 0.3) is 11.0 Å². The molecule has 2 amide bonds. The molecule has 2 N–H and O–H groups in total. The fourth-order valence-corrected chi connectivity index (χ4v) is 3.15. The molecule has 0 bridgehead atoms. The van der Waals surface area contributed by atoms with Crippen LogP contribution in [-0.2, 0) is 4.79 Å². The van der Waals surface area contributed by atoms with E-state index in [9.17, 15) is 14.4 Å². The second kappa shape index (κ2) is 7.53. The molecule has 0 aliphatic carbocycles. The third kappa shape index (κ3) is 4.00.